The summed E-state index contributed by atoms with van der Waals surface area (Å²) in [7, 11) is 1.57. The number of hydrogen-bond donors (Lipinski definition) is 1. The zero-order valence-electron chi connectivity index (χ0n) is 18.3. The summed E-state index contributed by atoms with van der Waals surface area (Å²) in [6.07, 6.45) is 0.0751. The molecule has 0 unspecified atom stereocenters. The van der Waals surface area contributed by atoms with Crippen molar-refractivity contribution in [2.75, 3.05) is 13.7 Å². The second-order valence-electron chi connectivity index (χ2n) is 7.97. The highest BCUT2D eigenvalue weighted by atomic mass is 35.5. The summed E-state index contributed by atoms with van der Waals surface area (Å²) >= 11 is 6.84. The number of fused-ring (bicyclic) bond motifs is 1. The predicted octanol–water partition coefficient (Wildman–Crippen LogP) is 5.15. The summed E-state index contributed by atoms with van der Waals surface area (Å²) in [6, 6.07) is 12.1. The van der Waals surface area contributed by atoms with E-state index in [1.807, 2.05) is 32.9 Å². The second-order valence-corrected chi connectivity index (χ2v) is 9.85. The van der Waals surface area contributed by atoms with Crippen LogP contribution in [0.25, 0.3) is 10.9 Å². The molecule has 0 aliphatic rings. The number of halogens is 1. The van der Waals surface area contributed by atoms with Crippen molar-refractivity contribution in [3.8, 4) is 5.75 Å². The number of aromatic nitrogens is 1. The summed E-state index contributed by atoms with van der Waals surface area (Å²) in [4.78, 5) is 36.6. The highest BCUT2D eigenvalue weighted by Crippen LogP contribution is 2.31. The van der Waals surface area contributed by atoms with Gasteiger partial charge in [0.25, 0.3) is 5.91 Å². The van der Waals surface area contributed by atoms with Crippen LogP contribution in [0.3, 0.4) is 0 Å². The molecule has 0 aliphatic heterocycles. The highest BCUT2D eigenvalue weighted by molar-refractivity contribution is 7.99. The van der Waals surface area contributed by atoms with Gasteiger partial charge in [0.05, 0.1) is 23.8 Å². The standard InChI is InChI=1S/C23H24ClN3O4S/c1-14-18(12-21(28)25-13-23(2,3)32-26-30)19-11-17(31-4)9-10-20(19)27(14)22(29)15-5-7-16(24)8-6-15/h5-11H,12-13H2,1-4H3,(H,25,28). The molecule has 0 spiro atoms. The maximum atomic E-state index is 13.3. The van der Waals surface area contributed by atoms with E-state index in [4.69, 9.17) is 16.3 Å². The van der Waals surface area contributed by atoms with Gasteiger partial charge in [-0.2, -0.15) is 0 Å². The molecule has 168 valence electrons. The van der Waals surface area contributed by atoms with Crippen molar-refractivity contribution in [1.82, 2.24) is 9.88 Å². The molecule has 0 saturated carbocycles. The van der Waals surface area contributed by atoms with Gasteiger partial charge in [-0.3, -0.25) is 14.2 Å². The van der Waals surface area contributed by atoms with Crippen LogP contribution in [0.5, 0.6) is 5.75 Å². The molecule has 3 rings (SSSR count). The van der Waals surface area contributed by atoms with Crippen molar-refractivity contribution in [3.05, 3.63) is 69.2 Å². The number of rotatable bonds is 8. The molecule has 0 radical (unpaired) electrons. The van der Waals surface area contributed by atoms with E-state index in [1.54, 1.807) is 42.0 Å². The van der Waals surface area contributed by atoms with Crippen LogP contribution in [-0.4, -0.2) is 34.8 Å². The molecule has 0 aliphatic carbocycles. The van der Waals surface area contributed by atoms with Crippen LogP contribution in [-0.2, 0) is 11.2 Å². The summed E-state index contributed by atoms with van der Waals surface area (Å²) < 4.78 is 9.30. The van der Waals surface area contributed by atoms with Crippen LogP contribution in [0, 0.1) is 11.8 Å². The lowest BCUT2D eigenvalue weighted by Crippen LogP contribution is -2.36. The Balaban J connectivity index is 1.99. The quantitative estimate of drug-likeness (QED) is 0.361. The number of nitroso groups, excluding NO2 is 1. The molecular formula is C23H24ClN3O4S. The Morgan fingerprint density at radius 2 is 1.88 bits per heavy atom. The third kappa shape index (κ3) is 5.14. The van der Waals surface area contributed by atoms with Crippen molar-refractivity contribution in [2.24, 2.45) is 4.58 Å². The Morgan fingerprint density at radius 3 is 2.50 bits per heavy atom. The zero-order chi connectivity index (χ0) is 23.5. The predicted molar refractivity (Wildman–Crippen MR) is 129 cm³/mol. The second kappa shape index (κ2) is 9.75. The number of methoxy groups -OCH3 is 1. The number of hydrogen-bond acceptors (Lipinski definition) is 6. The maximum Gasteiger partial charge on any atom is 0.262 e. The average Bonchev–Trinajstić information content (AvgIpc) is 3.03. The van der Waals surface area contributed by atoms with E-state index >= 15 is 0 Å². The molecule has 1 aromatic heterocycles. The van der Waals surface area contributed by atoms with Crippen LogP contribution in [0.1, 0.15) is 35.5 Å². The van der Waals surface area contributed by atoms with Gasteiger partial charge < -0.3 is 10.1 Å². The molecule has 1 N–H and O–H groups in total. The molecule has 0 atom stereocenters. The fourth-order valence-electron chi connectivity index (χ4n) is 3.46. The van der Waals surface area contributed by atoms with Gasteiger partial charge >= 0.3 is 0 Å². The lowest BCUT2D eigenvalue weighted by atomic mass is 10.1. The van der Waals surface area contributed by atoms with Crippen LogP contribution in [0.15, 0.2) is 47.0 Å². The monoisotopic (exact) mass is 473 g/mol. The number of ether oxygens (including phenoxy) is 1. The maximum absolute atomic E-state index is 13.3. The summed E-state index contributed by atoms with van der Waals surface area (Å²) in [5, 5.41) is 4.17. The minimum Gasteiger partial charge on any atom is -0.497 e. The Morgan fingerprint density at radius 1 is 1.19 bits per heavy atom. The molecular weight excluding hydrogens is 450 g/mol. The number of nitrogens with one attached hydrogen (secondary N) is 1. The summed E-state index contributed by atoms with van der Waals surface area (Å²) in [6.45, 7) is 5.75. The Kier molecular flexibility index (Phi) is 7.26. The largest absolute Gasteiger partial charge is 0.497 e. The fourth-order valence-corrected chi connectivity index (χ4v) is 3.93. The molecule has 1 amide bonds. The number of benzene rings is 2. The van der Waals surface area contributed by atoms with E-state index in [9.17, 15) is 14.5 Å². The minimum atomic E-state index is -0.520. The van der Waals surface area contributed by atoms with E-state index in [-0.39, 0.29) is 24.8 Å². The summed E-state index contributed by atoms with van der Waals surface area (Å²) in [5.41, 5.74) is 2.58. The molecule has 2 aromatic carbocycles. The molecule has 0 bridgehead atoms. The van der Waals surface area contributed by atoms with Crippen molar-refractivity contribution in [1.29, 1.82) is 0 Å². The topological polar surface area (TPSA) is 89.8 Å². The van der Waals surface area contributed by atoms with Crippen molar-refractivity contribution >= 4 is 46.3 Å². The van der Waals surface area contributed by atoms with Gasteiger partial charge in [0.2, 0.25) is 5.91 Å². The van der Waals surface area contributed by atoms with Gasteiger partial charge in [0.1, 0.15) is 5.75 Å². The van der Waals surface area contributed by atoms with Gasteiger partial charge in [-0.15, -0.1) is 4.91 Å². The Hall–Kier alpha value is -2.84. The van der Waals surface area contributed by atoms with E-state index in [0.717, 1.165) is 22.9 Å². The van der Waals surface area contributed by atoms with Gasteiger partial charge in [-0.25, -0.2) is 0 Å². The first kappa shape index (κ1) is 23.8. The highest BCUT2D eigenvalue weighted by Gasteiger charge is 2.24. The minimum absolute atomic E-state index is 0.0751. The van der Waals surface area contributed by atoms with Gasteiger partial charge in [-0.1, -0.05) is 11.6 Å². The SMILES string of the molecule is COc1ccc2c(c1)c(CC(=O)NCC(C)(C)SN=O)c(C)n2C(=O)c1ccc(Cl)cc1. The normalized spacial score (nSPS) is 11.4. The van der Waals surface area contributed by atoms with E-state index < -0.39 is 4.75 Å². The smallest absolute Gasteiger partial charge is 0.262 e. The number of amides is 1. The molecule has 1 heterocycles. The van der Waals surface area contributed by atoms with E-state index in [2.05, 4.69) is 9.90 Å². The molecule has 0 saturated heterocycles. The molecule has 32 heavy (non-hydrogen) atoms. The number of carbonyl (C=O) groups is 2. The van der Waals surface area contributed by atoms with Crippen LogP contribution in [0.2, 0.25) is 5.02 Å². The lowest BCUT2D eigenvalue weighted by molar-refractivity contribution is -0.120. The van der Waals surface area contributed by atoms with E-state index in [1.165, 1.54) is 0 Å². The summed E-state index contributed by atoms with van der Waals surface area (Å²) in [5.74, 6) is 0.203. The Labute approximate surface area is 195 Å². The van der Waals surface area contributed by atoms with Crippen LogP contribution in [0.4, 0.5) is 0 Å². The lowest BCUT2D eigenvalue weighted by Gasteiger charge is -2.19. The van der Waals surface area contributed by atoms with Gasteiger partial charge in [0.15, 0.2) is 0 Å². The van der Waals surface area contributed by atoms with Crippen molar-refractivity contribution < 1.29 is 14.3 Å². The molecule has 0 fully saturated rings. The van der Waals surface area contributed by atoms with Gasteiger partial charge in [-0.05, 0) is 68.8 Å². The van der Waals surface area contributed by atoms with Crippen LogP contribution >= 0.6 is 23.5 Å². The third-order valence-corrected chi connectivity index (χ3v) is 6.13. The molecule has 9 heteroatoms. The average molecular weight is 474 g/mol. The first-order chi connectivity index (χ1) is 15.2. The van der Waals surface area contributed by atoms with E-state index in [0.29, 0.717) is 27.5 Å². The molecule has 3 aromatic rings. The van der Waals surface area contributed by atoms with Crippen molar-refractivity contribution in [2.45, 2.75) is 31.9 Å². The van der Waals surface area contributed by atoms with Crippen molar-refractivity contribution in [3.63, 3.8) is 0 Å². The fraction of sp³-hybridized carbons (Fsp3) is 0.304. The number of nitrogens with zero attached hydrogens (tertiary/aromatic N) is 2. The first-order valence-corrected chi connectivity index (χ1v) is 11.1. The third-order valence-electron chi connectivity index (χ3n) is 5.17. The zero-order valence-corrected chi connectivity index (χ0v) is 19.8. The Bertz CT molecular complexity index is 1170. The van der Waals surface area contributed by atoms with Gasteiger partial charge in [0, 0.05) is 44.7 Å². The molecule has 7 nitrogen and oxygen atoms in total. The first-order valence-electron chi connectivity index (χ1n) is 9.92. The number of carbonyl (C=O) groups excluding carboxylic acids is 2. The van der Waals surface area contributed by atoms with Crippen LogP contribution < -0.4 is 10.1 Å².